The lowest BCUT2D eigenvalue weighted by atomic mass is 10.00. The summed E-state index contributed by atoms with van der Waals surface area (Å²) in [5.41, 5.74) is 4.20. The van der Waals surface area contributed by atoms with E-state index >= 15 is 0 Å². The molecule has 0 unspecified atom stereocenters. The van der Waals surface area contributed by atoms with Crippen LogP contribution in [0.1, 0.15) is 12.0 Å². The molecule has 0 bridgehead atoms. The van der Waals surface area contributed by atoms with E-state index in [1.54, 1.807) is 0 Å². The van der Waals surface area contributed by atoms with Gasteiger partial charge in [-0.3, -0.25) is 0 Å². The highest BCUT2D eigenvalue weighted by atomic mass is 35.5. The number of fused-ring (bicyclic) bond motifs is 1. The van der Waals surface area contributed by atoms with Crippen molar-refractivity contribution in [1.82, 2.24) is 9.88 Å². The van der Waals surface area contributed by atoms with Crippen molar-refractivity contribution >= 4 is 28.9 Å². The molecule has 2 heterocycles. The van der Waals surface area contributed by atoms with Crippen LogP contribution in [0.2, 0.25) is 0 Å². The summed E-state index contributed by atoms with van der Waals surface area (Å²) in [7, 11) is 2.12. The Morgan fingerprint density at radius 2 is 2.06 bits per heavy atom. The Morgan fingerprint density at radius 3 is 2.82 bits per heavy atom. The fourth-order valence-corrected chi connectivity index (χ4v) is 2.46. The van der Waals surface area contributed by atoms with Gasteiger partial charge in [-0.2, -0.15) is 0 Å². The zero-order chi connectivity index (χ0) is 11.0. The van der Waals surface area contributed by atoms with E-state index in [0.717, 1.165) is 19.5 Å². The number of benzene rings is 1. The molecule has 17 heavy (non-hydrogen) atoms. The van der Waals surface area contributed by atoms with Crippen LogP contribution in [-0.2, 0) is 7.05 Å². The first-order chi connectivity index (χ1) is 7.86. The highest BCUT2D eigenvalue weighted by Gasteiger charge is 2.11. The predicted molar refractivity (Wildman–Crippen MR) is 75.6 cm³/mol. The van der Waals surface area contributed by atoms with E-state index in [1.807, 2.05) is 0 Å². The number of hydrogen-bond acceptors (Lipinski definition) is 1. The van der Waals surface area contributed by atoms with Crippen molar-refractivity contribution in [2.75, 3.05) is 13.1 Å². The van der Waals surface area contributed by atoms with Crippen LogP contribution in [0.15, 0.2) is 36.5 Å². The molecule has 1 aliphatic rings. The average molecular weight is 249 g/mol. The molecule has 2 aromatic rings. The van der Waals surface area contributed by atoms with Crippen LogP contribution in [-0.4, -0.2) is 17.7 Å². The topological polar surface area (TPSA) is 17.0 Å². The zero-order valence-corrected chi connectivity index (χ0v) is 10.8. The molecule has 1 aliphatic heterocycles. The van der Waals surface area contributed by atoms with Crippen molar-refractivity contribution in [2.45, 2.75) is 6.42 Å². The summed E-state index contributed by atoms with van der Waals surface area (Å²) in [5, 5.41) is 4.73. The van der Waals surface area contributed by atoms with Crippen molar-refractivity contribution in [3.05, 3.63) is 42.1 Å². The summed E-state index contributed by atoms with van der Waals surface area (Å²) in [6.07, 6.45) is 5.70. The maximum absolute atomic E-state index is 3.36. The second-order valence-corrected chi connectivity index (χ2v) is 4.35. The minimum atomic E-state index is 0. The summed E-state index contributed by atoms with van der Waals surface area (Å²) in [4.78, 5) is 0. The van der Waals surface area contributed by atoms with Gasteiger partial charge in [0.1, 0.15) is 0 Å². The number of nitrogens with zero attached hydrogens (tertiary/aromatic N) is 1. The van der Waals surface area contributed by atoms with E-state index in [2.05, 4.69) is 53.5 Å². The molecule has 0 amide bonds. The van der Waals surface area contributed by atoms with Crippen molar-refractivity contribution in [3.63, 3.8) is 0 Å². The number of halogens is 1. The van der Waals surface area contributed by atoms with E-state index in [9.17, 15) is 0 Å². The summed E-state index contributed by atoms with van der Waals surface area (Å²) >= 11 is 0. The number of rotatable bonds is 1. The van der Waals surface area contributed by atoms with Crippen LogP contribution in [0.25, 0.3) is 16.5 Å². The van der Waals surface area contributed by atoms with Gasteiger partial charge in [0, 0.05) is 36.3 Å². The number of aryl methyl sites for hydroxylation is 1. The molecular weight excluding hydrogens is 232 g/mol. The van der Waals surface area contributed by atoms with Gasteiger partial charge in [0.15, 0.2) is 0 Å². The molecule has 0 spiro atoms. The highest BCUT2D eigenvalue weighted by molar-refractivity contribution is 5.93. The minimum Gasteiger partial charge on any atom is -0.350 e. The Labute approximate surface area is 108 Å². The van der Waals surface area contributed by atoms with Gasteiger partial charge >= 0.3 is 0 Å². The van der Waals surface area contributed by atoms with Crippen LogP contribution >= 0.6 is 12.4 Å². The molecule has 90 valence electrons. The van der Waals surface area contributed by atoms with E-state index in [4.69, 9.17) is 0 Å². The standard InChI is InChI=1S/C14H16N2.ClH/c1-16-10-13(11-6-8-15-9-7-11)12-4-2-3-5-14(12)16;/h2-6,10,15H,7-9H2,1H3;1H. The largest absolute Gasteiger partial charge is 0.350 e. The lowest BCUT2D eigenvalue weighted by Crippen LogP contribution is -2.19. The van der Waals surface area contributed by atoms with Gasteiger partial charge < -0.3 is 9.88 Å². The molecular formula is C14H17ClN2. The van der Waals surface area contributed by atoms with Crippen molar-refractivity contribution < 1.29 is 0 Å². The van der Waals surface area contributed by atoms with E-state index < -0.39 is 0 Å². The Bertz CT molecular complexity index is 554. The van der Waals surface area contributed by atoms with Crippen LogP contribution in [0, 0.1) is 0 Å². The fraction of sp³-hybridized carbons (Fsp3) is 0.286. The minimum absolute atomic E-state index is 0. The molecule has 3 heteroatoms. The van der Waals surface area contributed by atoms with Gasteiger partial charge in [-0.25, -0.2) is 0 Å². The van der Waals surface area contributed by atoms with Gasteiger partial charge in [0.05, 0.1) is 0 Å². The smallest absolute Gasteiger partial charge is 0.0484 e. The average Bonchev–Trinajstić information content (AvgIpc) is 2.69. The quantitative estimate of drug-likeness (QED) is 0.821. The highest BCUT2D eigenvalue weighted by Crippen LogP contribution is 2.28. The van der Waals surface area contributed by atoms with E-state index in [-0.39, 0.29) is 12.4 Å². The monoisotopic (exact) mass is 248 g/mol. The third kappa shape index (κ3) is 2.11. The lowest BCUT2D eigenvalue weighted by Gasteiger charge is -2.13. The molecule has 1 aromatic carbocycles. The third-order valence-electron chi connectivity index (χ3n) is 3.31. The van der Waals surface area contributed by atoms with Crippen LogP contribution in [0.5, 0.6) is 0 Å². The molecule has 0 saturated carbocycles. The normalized spacial score (nSPS) is 15.5. The summed E-state index contributed by atoms with van der Waals surface area (Å²) in [5.74, 6) is 0. The summed E-state index contributed by atoms with van der Waals surface area (Å²) < 4.78 is 2.22. The zero-order valence-electron chi connectivity index (χ0n) is 9.94. The summed E-state index contributed by atoms with van der Waals surface area (Å²) in [6.45, 7) is 2.09. The molecule has 0 fully saturated rings. The molecule has 0 radical (unpaired) electrons. The van der Waals surface area contributed by atoms with Crippen LogP contribution < -0.4 is 5.32 Å². The fourth-order valence-electron chi connectivity index (χ4n) is 2.46. The van der Waals surface area contributed by atoms with Crippen molar-refractivity contribution in [3.8, 4) is 0 Å². The van der Waals surface area contributed by atoms with Gasteiger partial charge in [-0.1, -0.05) is 24.3 Å². The maximum atomic E-state index is 3.36. The number of hydrogen-bond donors (Lipinski definition) is 1. The van der Waals surface area contributed by atoms with Gasteiger partial charge in [-0.15, -0.1) is 12.4 Å². The molecule has 0 saturated heterocycles. The second-order valence-electron chi connectivity index (χ2n) is 4.35. The van der Waals surface area contributed by atoms with Gasteiger partial charge in [0.2, 0.25) is 0 Å². The Balaban J connectivity index is 0.00000108. The lowest BCUT2D eigenvalue weighted by molar-refractivity contribution is 0.738. The molecule has 1 N–H and O–H groups in total. The molecule has 0 atom stereocenters. The first kappa shape index (κ1) is 12.2. The van der Waals surface area contributed by atoms with Crippen molar-refractivity contribution in [1.29, 1.82) is 0 Å². The molecule has 1 aromatic heterocycles. The second kappa shape index (κ2) is 4.94. The van der Waals surface area contributed by atoms with Gasteiger partial charge in [-0.05, 0) is 24.6 Å². The number of nitrogens with one attached hydrogen (secondary N) is 1. The SMILES string of the molecule is Cl.Cn1cc(C2=CCNCC2)c2ccccc21. The number of aromatic nitrogens is 1. The first-order valence-corrected chi connectivity index (χ1v) is 5.80. The summed E-state index contributed by atoms with van der Waals surface area (Å²) in [6, 6.07) is 8.62. The Morgan fingerprint density at radius 1 is 1.24 bits per heavy atom. The van der Waals surface area contributed by atoms with Crippen LogP contribution in [0.3, 0.4) is 0 Å². The maximum Gasteiger partial charge on any atom is 0.0484 e. The molecule has 0 aliphatic carbocycles. The Kier molecular flexibility index (Phi) is 3.55. The Hall–Kier alpha value is -1.25. The first-order valence-electron chi connectivity index (χ1n) is 5.80. The van der Waals surface area contributed by atoms with E-state index in [0.29, 0.717) is 0 Å². The van der Waals surface area contributed by atoms with Crippen LogP contribution in [0.4, 0.5) is 0 Å². The third-order valence-corrected chi connectivity index (χ3v) is 3.31. The predicted octanol–water partition coefficient (Wildman–Crippen LogP) is 2.98. The van der Waals surface area contributed by atoms with Crippen molar-refractivity contribution in [2.24, 2.45) is 7.05 Å². The molecule has 3 rings (SSSR count). The van der Waals surface area contributed by atoms with E-state index in [1.165, 1.54) is 22.0 Å². The van der Waals surface area contributed by atoms with Gasteiger partial charge in [0.25, 0.3) is 0 Å². The molecule has 2 nitrogen and oxygen atoms in total. The number of para-hydroxylation sites is 1.